The lowest BCUT2D eigenvalue weighted by atomic mass is 10.0. The molecule has 4 nitrogen and oxygen atoms in total. The SMILES string of the molecule is CC(C)(C)Nc1c(-c2ccccc2Br)c(C#N)c(N)n1Cc1ccccc1. The summed E-state index contributed by atoms with van der Waals surface area (Å²) in [5.41, 5.74) is 9.65. The summed E-state index contributed by atoms with van der Waals surface area (Å²) >= 11 is 3.62. The summed E-state index contributed by atoms with van der Waals surface area (Å²) in [6.45, 7) is 6.88. The summed E-state index contributed by atoms with van der Waals surface area (Å²) in [4.78, 5) is 0. The molecule has 2 aromatic carbocycles. The zero-order valence-corrected chi connectivity index (χ0v) is 17.3. The fourth-order valence-electron chi connectivity index (χ4n) is 3.09. The first-order valence-electron chi connectivity index (χ1n) is 8.81. The molecule has 0 unspecified atom stereocenters. The van der Waals surface area contributed by atoms with Crippen LogP contribution in [0.3, 0.4) is 0 Å². The Morgan fingerprint density at radius 3 is 2.30 bits per heavy atom. The standard InChI is InChI=1S/C22H23BrN4/c1-22(2,3)26-21-19(16-11-7-8-12-18(16)23)17(13-24)20(25)27(21)14-15-9-5-4-6-10-15/h4-12,26H,14,25H2,1-3H3. The number of halogens is 1. The van der Waals surface area contributed by atoms with Crippen LogP contribution in [0.1, 0.15) is 31.9 Å². The molecule has 0 saturated carbocycles. The van der Waals surface area contributed by atoms with Gasteiger partial charge in [-0.3, -0.25) is 0 Å². The molecule has 3 N–H and O–H groups in total. The largest absolute Gasteiger partial charge is 0.384 e. The van der Waals surface area contributed by atoms with Crippen molar-refractivity contribution in [3.8, 4) is 17.2 Å². The number of nitrogens with two attached hydrogens (primary N) is 1. The number of hydrogen-bond donors (Lipinski definition) is 2. The molecule has 0 amide bonds. The van der Waals surface area contributed by atoms with Crippen molar-refractivity contribution in [2.24, 2.45) is 0 Å². The van der Waals surface area contributed by atoms with Gasteiger partial charge in [-0.15, -0.1) is 0 Å². The maximum Gasteiger partial charge on any atom is 0.124 e. The molecule has 0 spiro atoms. The van der Waals surface area contributed by atoms with Gasteiger partial charge in [0.15, 0.2) is 0 Å². The highest BCUT2D eigenvalue weighted by molar-refractivity contribution is 9.10. The van der Waals surface area contributed by atoms with Gasteiger partial charge in [-0.25, -0.2) is 0 Å². The Balaban J connectivity index is 2.27. The minimum atomic E-state index is -0.192. The maximum absolute atomic E-state index is 9.87. The van der Waals surface area contributed by atoms with Crippen LogP contribution in [0, 0.1) is 11.3 Å². The lowest BCUT2D eigenvalue weighted by Gasteiger charge is -2.25. The van der Waals surface area contributed by atoms with Crippen LogP contribution in [0.2, 0.25) is 0 Å². The molecular weight excluding hydrogens is 400 g/mol. The van der Waals surface area contributed by atoms with Crippen LogP contribution in [0.5, 0.6) is 0 Å². The van der Waals surface area contributed by atoms with Crippen molar-refractivity contribution in [3.63, 3.8) is 0 Å². The summed E-state index contributed by atoms with van der Waals surface area (Å²) < 4.78 is 2.92. The molecule has 0 aliphatic rings. The van der Waals surface area contributed by atoms with Crippen LogP contribution in [0.25, 0.3) is 11.1 Å². The predicted octanol–water partition coefficient (Wildman–Crippen LogP) is 5.63. The smallest absolute Gasteiger partial charge is 0.124 e. The van der Waals surface area contributed by atoms with Crippen LogP contribution in [-0.2, 0) is 6.54 Å². The number of hydrogen-bond acceptors (Lipinski definition) is 3. The number of aromatic nitrogens is 1. The maximum atomic E-state index is 9.87. The summed E-state index contributed by atoms with van der Waals surface area (Å²) in [6, 6.07) is 20.3. The molecule has 0 atom stereocenters. The molecule has 0 aliphatic heterocycles. The van der Waals surface area contributed by atoms with E-state index in [0.717, 1.165) is 27.0 Å². The molecule has 1 heterocycles. The first-order chi connectivity index (χ1) is 12.8. The number of anilines is 2. The summed E-state index contributed by atoms with van der Waals surface area (Å²) in [6.07, 6.45) is 0. The number of benzene rings is 2. The fourth-order valence-corrected chi connectivity index (χ4v) is 3.57. The molecule has 3 aromatic rings. The number of nitrogens with zero attached hydrogens (tertiary/aromatic N) is 2. The van der Waals surface area contributed by atoms with Gasteiger partial charge in [-0.05, 0) is 32.4 Å². The Morgan fingerprint density at radius 2 is 1.70 bits per heavy atom. The first kappa shape index (κ1) is 19.1. The van der Waals surface area contributed by atoms with Crippen LogP contribution in [0.15, 0.2) is 59.1 Å². The summed E-state index contributed by atoms with van der Waals surface area (Å²) in [5, 5.41) is 13.4. The molecular formula is C22H23BrN4. The Kier molecular flexibility index (Phi) is 5.29. The highest BCUT2D eigenvalue weighted by Crippen LogP contribution is 2.42. The molecule has 0 aliphatic carbocycles. The van der Waals surface area contributed by atoms with Gasteiger partial charge in [-0.2, -0.15) is 5.26 Å². The van der Waals surface area contributed by atoms with Crippen molar-refractivity contribution in [2.75, 3.05) is 11.1 Å². The van der Waals surface area contributed by atoms with Gasteiger partial charge in [0, 0.05) is 21.1 Å². The van der Waals surface area contributed by atoms with Crippen molar-refractivity contribution >= 4 is 27.6 Å². The molecule has 3 rings (SSSR count). The van der Waals surface area contributed by atoms with Crippen LogP contribution in [0.4, 0.5) is 11.6 Å². The van der Waals surface area contributed by atoms with E-state index in [-0.39, 0.29) is 5.54 Å². The predicted molar refractivity (Wildman–Crippen MR) is 116 cm³/mol. The Hall–Kier alpha value is -2.71. The minimum Gasteiger partial charge on any atom is -0.384 e. The lowest BCUT2D eigenvalue weighted by Crippen LogP contribution is -2.28. The van der Waals surface area contributed by atoms with E-state index in [0.29, 0.717) is 17.9 Å². The highest BCUT2D eigenvalue weighted by atomic mass is 79.9. The van der Waals surface area contributed by atoms with Gasteiger partial charge < -0.3 is 15.6 Å². The number of nitriles is 1. The van der Waals surface area contributed by atoms with Gasteiger partial charge in [0.25, 0.3) is 0 Å². The Morgan fingerprint density at radius 1 is 1.07 bits per heavy atom. The quantitative estimate of drug-likeness (QED) is 0.572. The van der Waals surface area contributed by atoms with Crippen molar-refractivity contribution in [1.82, 2.24) is 4.57 Å². The van der Waals surface area contributed by atoms with E-state index in [9.17, 15) is 5.26 Å². The van der Waals surface area contributed by atoms with Crippen LogP contribution >= 0.6 is 15.9 Å². The summed E-state index contributed by atoms with van der Waals surface area (Å²) in [5.74, 6) is 1.33. The molecule has 27 heavy (non-hydrogen) atoms. The van der Waals surface area contributed by atoms with Gasteiger partial charge in [-0.1, -0.05) is 64.5 Å². The third kappa shape index (κ3) is 4.01. The van der Waals surface area contributed by atoms with Crippen molar-refractivity contribution in [1.29, 1.82) is 5.26 Å². The van der Waals surface area contributed by atoms with Crippen molar-refractivity contribution < 1.29 is 0 Å². The summed E-state index contributed by atoms with van der Waals surface area (Å²) in [7, 11) is 0. The monoisotopic (exact) mass is 422 g/mol. The van der Waals surface area contributed by atoms with E-state index in [1.807, 2.05) is 47.0 Å². The van der Waals surface area contributed by atoms with Crippen molar-refractivity contribution in [2.45, 2.75) is 32.9 Å². The van der Waals surface area contributed by atoms with E-state index < -0.39 is 0 Å². The molecule has 0 radical (unpaired) electrons. The average Bonchev–Trinajstić information content (AvgIpc) is 2.86. The van der Waals surface area contributed by atoms with Crippen LogP contribution in [-0.4, -0.2) is 10.1 Å². The molecule has 1 aromatic heterocycles. The van der Waals surface area contributed by atoms with Crippen LogP contribution < -0.4 is 11.1 Å². The Labute approximate surface area is 168 Å². The van der Waals surface area contributed by atoms with E-state index in [1.54, 1.807) is 0 Å². The third-order valence-corrected chi connectivity index (χ3v) is 4.93. The molecule has 5 heteroatoms. The number of nitrogens with one attached hydrogen (secondary N) is 1. The zero-order chi connectivity index (χ0) is 19.6. The van der Waals surface area contributed by atoms with Gasteiger partial charge >= 0.3 is 0 Å². The van der Waals surface area contributed by atoms with Gasteiger partial charge in [0.05, 0.1) is 6.54 Å². The second kappa shape index (κ2) is 7.50. The lowest BCUT2D eigenvalue weighted by molar-refractivity contribution is 0.621. The highest BCUT2D eigenvalue weighted by Gasteiger charge is 2.26. The zero-order valence-electron chi connectivity index (χ0n) is 15.8. The van der Waals surface area contributed by atoms with Crippen molar-refractivity contribution in [3.05, 3.63) is 70.2 Å². The fraction of sp³-hybridized carbons (Fsp3) is 0.227. The first-order valence-corrected chi connectivity index (χ1v) is 9.60. The number of rotatable bonds is 4. The normalized spacial score (nSPS) is 11.2. The molecule has 0 fully saturated rings. The Bertz CT molecular complexity index is 992. The van der Waals surface area contributed by atoms with E-state index in [4.69, 9.17) is 5.73 Å². The number of nitrogen functional groups attached to an aromatic ring is 1. The third-order valence-electron chi connectivity index (χ3n) is 4.24. The second-order valence-corrected chi connectivity index (χ2v) is 8.38. The van der Waals surface area contributed by atoms with Gasteiger partial charge in [0.1, 0.15) is 23.3 Å². The van der Waals surface area contributed by atoms with Gasteiger partial charge in [0.2, 0.25) is 0 Å². The minimum absolute atomic E-state index is 0.192. The van der Waals surface area contributed by atoms with E-state index >= 15 is 0 Å². The van der Waals surface area contributed by atoms with E-state index in [2.05, 4.69) is 60.2 Å². The topological polar surface area (TPSA) is 66.8 Å². The average molecular weight is 423 g/mol. The molecule has 0 saturated heterocycles. The second-order valence-electron chi connectivity index (χ2n) is 7.52. The molecule has 138 valence electrons. The van der Waals surface area contributed by atoms with E-state index in [1.165, 1.54) is 0 Å². The molecule has 0 bridgehead atoms.